The molecule has 0 saturated carbocycles. The van der Waals surface area contributed by atoms with E-state index in [1.54, 1.807) is 6.07 Å². The van der Waals surface area contributed by atoms with E-state index in [1.165, 1.54) is 11.3 Å². The summed E-state index contributed by atoms with van der Waals surface area (Å²) in [7, 11) is 0. The fraction of sp³-hybridized carbons (Fsp3) is 0.0714. The van der Waals surface area contributed by atoms with Crippen LogP contribution in [0.5, 0.6) is 11.6 Å². The molecule has 3 rings (SSSR count). The molecule has 1 heterocycles. The molecule has 0 saturated heterocycles. The molecular weight excluding hydrogens is 278 g/mol. The van der Waals surface area contributed by atoms with Gasteiger partial charge >= 0.3 is 0 Å². The molecule has 19 heavy (non-hydrogen) atoms. The summed E-state index contributed by atoms with van der Waals surface area (Å²) in [5.41, 5.74) is 1.05. The monoisotopic (exact) mass is 289 g/mol. The smallest absolute Gasteiger partial charge is 0.203 e. The van der Waals surface area contributed by atoms with Gasteiger partial charge in [-0.3, -0.25) is 0 Å². The van der Waals surface area contributed by atoms with Crippen molar-refractivity contribution in [1.82, 2.24) is 4.98 Å². The van der Waals surface area contributed by atoms with E-state index in [0.29, 0.717) is 10.4 Å². The Kier molecular flexibility index (Phi) is 3.00. The number of hydrogen-bond acceptors (Lipinski definition) is 4. The topological polar surface area (TPSA) is 56.2 Å². The zero-order valence-electron chi connectivity index (χ0n) is 9.88. The van der Waals surface area contributed by atoms with Gasteiger partial charge in [-0.05, 0) is 29.2 Å². The molecule has 0 radical (unpaired) electrons. The number of phenolic OH excluding ortho intramolecular Hbond substituents is 1. The van der Waals surface area contributed by atoms with E-state index < -0.39 is 0 Å². The maximum atomic E-state index is 9.85. The number of nitrogens with one attached hydrogen (secondary N) is 1. The van der Waals surface area contributed by atoms with Crippen LogP contribution in [0, 0.1) is 3.95 Å². The molecule has 0 aliphatic heterocycles. The summed E-state index contributed by atoms with van der Waals surface area (Å²) < 4.78 is 0.565. The van der Waals surface area contributed by atoms with Gasteiger partial charge in [-0.2, -0.15) is 0 Å². The molecule has 5 heteroatoms. The Hall–Kier alpha value is -1.85. The highest BCUT2D eigenvalue weighted by Gasteiger charge is 2.10. The molecule has 2 aromatic carbocycles. The highest BCUT2D eigenvalue weighted by molar-refractivity contribution is 7.73. The van der Waals surface area contributed by atoms with E-state index in [4.69, 9.17) is 12.2 Å². The Morgan fingerprint density at radius 2 is 1.79 bits per heavy atom. The minimum atomic E-state index is 0.132. The van der Waals surface area contributed by atoms with E-state index in [9.17, 15) is 10.2 Å². The molecule has 0 fully saturated rings. The lowest BCUT2D eigenvalue weighted by Gasteiger charge is -2.07. The minimum Gasteiger partial charge on any atom is -0.507 e. The van der Waals surface area contributed by atoms with Gasteiger partial charge in [-0.25, -0.2) is 0 Å². The summed E-state index contributed by atoms with van der Waals surface area (Å²) in [5.74, 6) is 0.400. The van der Waals surface area contributed by atoms with Gasteiger partial charge < -0.3 is 15.2 Å². The molecule has 0 aliphatic rings. The number of aromatic hydroxyl groups is 2. The molecule has 0 amide bonds. The van der Waals surface area contributed by atoms with Crippen molar-refractivity contribution in [2.75, 3.05) is 0 Å². The van der Waals surface area contributed by atoms with Crippen LogP contribution in [0.1, 0.15) is 10.4 Å². The Labute approximate surface area is 118 Å². The predicted octanol–water partition coefficient (Wildman–Crippen LogP) is 3.96. The highest BCUT2D eigenvalue weighted by atomic mass is 32.1. The second kappa shape index (κ2) is 4.68. The average molecular weight is 289 g/mol. The molecule has 3 aromatic rings. The van der Waals surface area contributed by atoms with Crippen molar-refractivity contribution in [2.24, 2.45) is 0 Å². The van der Waals surface area contributed by atoms with Crippen molar-refractivity contribution in [1.29, 1.82) is 0 Å². The van der Waals surface area contributed by atoms with E-state index >= 15 is 0 Å². The van der Waals surface area contributed by atoms with Crippen LogP contribution >= 0.6 is 23.6 Å². The first kappa shape index (κ1) is 12.2. The van der Waals surface area contributed by atoms with E-state index in [-0.39, 0.29) is 11.6 Å². The van der Waals surface area contributed by atoms with Crippen LogP contribution in [0.25, 0.3) is 10.8 Å². The Bertz CT molecular complexity index is 805. The molecule has 96 valence electrons. The van der Waals surface area contributed by atoms with E-state index in [1.807, 2.05) is 30.3 Å². The minimum absolute atomic E-state index is 0.132. The summed E-state index contributed by atoms with van der Waals surface area (Å²) in [6.07, 6.45) is 0.588. The van der Waals surface area contributed by atoms with Gasteiger partial charge in [0, 0.05) is 11.8 Å². The molecule has 0 atom stereocenters. The number of rotatable bonds is 2. The van der Waals surface area contributed by atoms with E-state index in [2.05, 4.69) is 4.98 Å². The van der Waals surface area contributed by atoms with Gasteiger partial charge in [0.1, 0.15) is 5.75 Å². The zero-order chi connectivity index (χ0) is 13.4. The van der Waals surface area contributed by atoms with Gasteiger partial charge in [0.2, 0.25) is 5.88 Å². The van der Waals surface area contributed by atoms with Crippen molar-refractivity contribution in [2.45, 2.75) is 6.42 Å². The van der Waals surface area contributed by atoms with Crippen molar-refractivity contribution in [3.63, 3.8) is 0 Å². The standard InChI is InChI=1S/C14H11NO2S2/c16-11-6-5-8(9-3-1-2-4-10(9)11)7-12-13(17)15-14(18)19-12/h1-6,16-17H,7H2,(H,15,18). The number of phenols is 1. The largest absolute Gasteiger partial charge is 0.507 e. The third-order valence-corrected chi connectivity index (χ3v) is 4.27. The number of aromatic amines is 1. The van der Waals surface area contributed by atoms with Crippen LogP contribution in [-0.2, 0) is 6.42 Å². The summed E-state index contributed by atoms with van der Waals surface area (Å²) in [6, 6.07) is 11.2. The lowest BCUT2D eigenvalue weighted by molar-refractivity contribution is 0.452. The third kappa shape index (κ3) is 2.22. The molecule has 0 unspecified atom stereocenters. The van der Waals surface area contributed by atoms with Gasteiger partial charge in [0.15, 0.2) is 3.95 Å². The lowest BCUT2D eigenvalue weighted by Crippen LogP contribution is -1.88. The number of thiazole rings is 1. The molecule has 0 bridgehead atoms. The zero-order valence-corrected chi connectivity index (χ0v) is 11.5. The first-order valence-electron chi connectivity index (χ1n) is 5.75. The highest BCUT2D eigenvalue weighted by Crippen LogP contribution is 2.31. The van der Waals surface area contributed by atoms with Crippen molar-refractivity contribution < 1.29 is 10.2 Å². The summed E-state index contributed by atoms with van der Waals surface area (Å²) in [4.78, 5) is 3.53. The maximum Gasteiger partial charge on any atom is 0.203 e. The Morgan fingerprint density at radius 3 is 2.47 bits per heavy atom. The van der Waals surface area contributed by atoms with Crippen LogP contribution in [0.3, 0.4) is 0 Å². The summed E-state index contributed by atoms with van der Waals surface area (Å²) in [6.45, 7) is 0. The van der Waals surface area contributed by atoms with Crippen molar-refractivity contribution >= 4 is 34.3 Å². The summed E-state index contributed by atoms with van der Waals surface area (Å²) >= 11 is 6.38. The average Bonchev–Trinajstić information content (AvgIpc) is 2.72. The predicted molar refractivity (Wildman–Crippen MR) is 79.6 cm³/mol. The van der Waals surface area contributed by atoms with E-state index in [0.717, 1.165) is 21.2 Å². The van der Waals surface area contributed by atoms with Crippen LogP contribution in [0.2, 0.25) is 0 Å². The lowest BCUT2D eigenvalue weighted by atomic mass is 10.0. The van der Waals surface area contributed by atoms with Crippen molar-refractivity contribution in [3.8, 4) is 11.6 Å². The molecule has 3 N–H and O–H groups in total. The number of H-pyrrole nitrogens is 1. The third-order valence-electron chi connectivity index (χ3n) is 3.04. The summed E-state index contributed by atoms with van der Waals surface area (Å²) in [5, 5.41) is 21.4. The van der Waals surface area contributed by atoms with Crippen LogP contribution in [-0.4, -0.2) is 15.2 Å². The number of hydrogen-bond donors (Lipinski definition) is 3. The first-order valence-corrected chi connectivity index (χ1v) is 6.98. The van der Waals surface area contributed by atoms with Gasteiger partial charge in [0.25, 0.3) is 0 Å². The Morgan fingerprint density at radius 1 is 1.05 bits per heavy atom. The number of benzene rings is 2. The quantitative estimate of drug-likeness (QED) is 0.626. The SMILES string of the molecule is Oc1[nH]c(=S)sc1Cc1ccc(O)c2ccccc12. The van der Waals surface area contributed by atoms with Gasteiger partial charge in [-0.1, -0.05) is 30.3 Å². The van der Waals surface area contributed by atoms with Crippen LogP contribution in [0.15, 0.2) is 36.4 Å². The fourth-order valence-electron chi connectivity index (χ4n) is 2.14. The number of fused-ring (bicyclic) bond motifs is 1. The second-order valence-electron chi connectivity index (χ2n) is 4.25. The molecule has 1 aromatic heterocycles. The normalized spacial score (nSPS) is 10.9. The van der Waals surface area contributed by atoms with Crippen LogP contribution in [0.4, 0.5) is 0 Å². The second-order valence-corrected chi connectivity index (χ2v) is 6.02. The van der Waals surface area contributed by atoms with Crippen LogP contribution < -0.4 is 0 Å². The molecule has 3 nitrogen and oxygen atoms in total. The molecular formula is C14H11NO2S2. The van der Waals surface area contributed by atoms with Crippen molar-refractivity contribution in [3.05, 3.63) is 50.8 Å². The fourth-order valence-corrected chi connectivity index (χ4v) is 3.29. The van der Waals surface area contributed by atoms with Gasteiger partial charge in [-0.15, -0.1) is 11.3 Å². The molecule has 0 spiro atoms. The number of aromatic nitrogens is 1. The molecule has 0 aliphatic carbocycles. The Balaban J connectivity index is 2.13. The first-order chi connectivity index (χ1) is 9.15. The maximum absolute atomic E-state index is 9.85. The van der Waals surface area contributed by atoms with Gasteiger partial charge in [0.05, 0.1) is 4.88 Å².